The van der Waals surface area contributed by atoms with Crippen molar-refractivity contribution in [2.24, 2.45) is 0 Å². The number of hydrogen-bond acceptors (Lipinski definition) is 2. The molecule has 2 heteroatoms. The van der Waals surface area contributed by atoms with Crippen LogP contribution < -0.4 is 0 Å². The topological polar surface area (TPSA) is 9.23 Å². The summed E-state index contributed by atoms with van der Waals surface area (Å²) in [6.07, 6.45) is 17.0. The van der Waals surface area contributed by atoms with Gasteiger partial charge in [0.25, 0.3) is 0 Å². The van der Waals surface area contributed by atoms with Crippen molar-refractivity contribution in [2.75, 3.05) is 12.4 Å². The van der Waals surface area contributed by atoms with E-state index < -0.39 is 0 Å². The summed E-state index contributed by atoms with van der Waals surface area (Å²) < 4.78 is 6.37. The lowest BCUT2D eigenvalue weighted by Gasteiger charge is -2.36. The van der Waals surface area contributed by atoms with Gasteiger partial charge in [0.15, 0.2) is 0 Å². The Hall–Kier alpha value is -0.110. The van der Waals surface area contributed by atoms with Gasteiger partial charge in [-0.1, -0.05) is 19.8 Å². The van der Waals surface area contributed by atoms with Crippen LogP contribution in [0.4, 0.5) is 0 Å². The van der Waals surface area contributed by atoms with Crippen molar-refractivity contribution >= 4 is 11.8 Å². The molecule has 0 aromatic rings. The van der Waals surface area contributed by atoms with Crippen LogP contribution in [0.25, 0.3) is 0 Å². The molecule has 2 aliphatic rings. The van der Waals surface area contributed by atoms with E-state index in [0.29, 0.717) is 4.75 Å². The highest BCUT2D eigenvalue weighted by molar-refractivity contribution is 8.00. The minimum Gasteiger partial charge on any atom is -0.501 e. The van der Waals surface area contributed by atoms with Crippen molar-refractivity contribution in [3.8, 4) is 0 Å². The second kappa shape index (κ2) is 8.24. The summed E-state index contributed by atoms with van der Waals surface area (Å²) in [5.74, 6) is 1.37. The SMILES string of the molecule is CCC1(CCCOC=C2CCCCC2)CCCCS1. The molecule has 0 N–H and O–H groups in total. The first-order valence-corrected chi connectivity index (χ1v) is 9.27. The van der Waals surface area contributed by atoms with Crippen molar-refractivity contribution < 1.29 is 4.74 Å². The van der Waals surface area contributed by atoms with Gasteiger partial charge in [0.1, 0.15) is 0 Å². The molecule has 2 fully saturated rings. The van der Waals surface area contributed by atoms with Crippen LogP contribution in [0.1, 0.15) is 77.6 Å². The van der Waals surface area contributed by atoms with Gasteiger partial charge in [-0.05, 0) is 69.1 Å². The van der Waals surface area contributed by atoms with E-state index in [1.54, 1.807) is 5.57 Å². The van der Waals surface area contributed by atoms with Crippen molar-refractivity contribution in [1.29, 1.82) is 0 Å². The average Bonchev–Trinajstić information content (AvgIpc) is 2.49. The molecule has 110 valence electrons. The molecule has 1 saturated carbocycles. The largest absolute Gasteiger partial charge is 0.501 e. The molecule has 1 saturated heterocycles. The molecule has 0 spiro atoms. The summed E-state index contributed by atoms with van der Waals surface area (Å²) in [6.45, 7) is 3.29. The average molecular weight is 282 g/mol. The quantitative estimate of drug-likeness (QED) is 0.456. The lowest BCUT2D eigenvalue weighted by atomic mass is 9.93. The molecule has 0 amide bonds. The molecular weight excluding hydrogens is 252 g/mol. The minimum absolute atomic E-state index is 0.583. The van der Waals surface area contributed by atoms with E-state index >= 15 is 0 Å². The summed E-state index contributed by atoms with van der Waals surface area (Å²) in [7, 11) is 0. The van der Waals surface area contributed by atoms with Gasteiger partial charge < -0.3 is 4.74 Å². The van der Waals surface area contributed by atoms with E-state index in [1.807, 2.05) is 0 Å². The zero-order valence-corrected chi connectivity index (χ0v) is 13.4. The maximum Gasteiger partial charge on any atom is 0.0873 e. The standard InChI is InChI=1S/C17H30OS/c1-2-17(11-6-7-14-19-17)12-8-13-18-15-16-9-4-3-5-10-16/h15H,2-14H2,1H3. The van der Waals surface area contributed by atoms with Gasteiger partial charge in [-0.15, -0.1) is 0 Å². The van der Waals surface area contributed by atoms with Crippen LogP contribution in [0.15, 0.2) is 11.8 Å². The van der Waals surface area contributed by atoms with Gasteiger partial charge in [-0.3, -0.25) is 0 Å². The molecule has 1 heterocycles. The third-order valence-corrected chi connectivity index (χ3v) is 6.52. The first-order valence-electron chi connectivity index (χ1n) is 8.28. The summed E-state index contributed by atoms with van der Waals surface area (Å²) in [5, 5.41) is 0. The second-order valence-electron chi connectivity index (χ2n) is 6.15. The van der Waals surface area contributed by atoms with Crippen LogP contribution in [-0.2, 0) is 4.74 Å². The molecule has 1 atom stereocenters. The minimum atomic E-state index is 0.583. The number of allylic oxidation sites excluding steroid dienone is 1. The lowest BCUT2D eigenvalue weighted by Crippen LogP contribution is -2.27. The first-order chi connectivity index (χ1) is 9.35. The molecule has 1 unspecified atom stereocenters. The Kier molecular flexibility index (Phi) is 6.63. The van der Waals surface area contributed by atoms with Crippen LogP contribution in [0.5, 0.6) is 0 Å². The monoisotopic (exact) mass is 282 g/mol. The fraction of sp³-hybridized carbons (Fsp3) is 0.882. The Bertz CT molecular complexity index is 271. The van der Waals surface area contributed by atoms with Gasteiger partial charge in [0, 0.05) is 4.75 Å². The van der Waals surface area contributed by atoms with E-state index in [9.17, 15) is 0 Å². The molecule has 1 aliphatic heterocycles. The van der Waals surface area contributed by atoms with Crippen LogP contribution in [0, 0.1) is 0 Å². The lowest BCUT2D eigenvalue weighted by molar-refractivity contribution is 0.228. The number of rotatable bonds is 6. The van der Waals surface area contributed by atoms with Gasteiger partial charge >= 0.3 is 0 Å². The zero-order valence-electron chi connectivity index (χ0n) is 12.6. The molecule has 2 rings (SSSR count). The highest BCUT2D eigenvalue weighted by Crippen LogP contribution is 2.42. The third-order valence-electron chi connectivity index (χ3n) is 4.72. The smallest absolute Gasteiger partial charge is 0.0873 e. The van der Waals surface area contributed by atoms with Gasteiger partial charge in [0.2, 0.25) is 0 Å². The summed E-state index contributed by atoms with van der Waals surface area (Å²) in [5.41, 5.74) is 1.54. The predicted molar refractivity (Wildman–Crippen MR) is 85.7 cm³/mol. The van der Waals surface area contributed by atoms with Gasteiger partial charge in [-0.25, -0.2) is 0 Å². The van der Waals surface area contributed by atoms with Crippen molar-refractivity contribution in [3.63, 3.8) is 0 Å². The number of thioether (sulfide) groups is 1. The van der Waals surface area contributed by atoms with Crippen LogP contribution >= 0.6 is 11.8 Å². The third kappa shape index (κ3) is 5.06. The number of ether oxygens (including phenoxy) is 1. The molecule has 0 aromatic carbocycles. The predicted octanol–water partition coefficient (Wildman–Crippen LogP) is 5.70. The Balaban J connectivity index is 1.62. The summed E-state index contributed by atoms with van der Waals surface area (Å²) in [4.78, 5) is 0. The molecule has 1 nitrogen and oxygen atoms in total. The van der Waals surface area contributed by atoms with E-state index in [-0.39, 0.29) is 0 Å². The van der Waals surface area contributed by atoms with Crippen molar-refractivity contribution in [3.05, 3.63) is 11.8 Å². The zero-order chi connectivity index (χ0) is 13.4. The molecule has 0 aromatic heterocycles. The van der Waals surface area contributed by atoms with Crippen LogP contribution in [0.3, 0.4) is 0 Å². The summed E-state index contributed by atoms with van der Waals surface area (Å²) >= 11 is 2.23. The molecule has 0 bridgehead atoms. The van der Waals surface area contributed by atoms with E-state index in [2.05, 4.69) is 24.9 Å². The van der Waals surface area contributed by atoms with E-state index in [0.717, 1.165) is 6.61 Å². The Morgan fingerprint density at radius 2 is 2.00 bits per heavy atom. The van der Waals surface area contributed by atoms with Crippen LogP contribution in [-0.4, -0.2) is 17.1 Å². The Morgan fingerprint density at radius 1 is 1.16 bits per heavy atom. The summed E-state index contributed by atoms with van der Waals surface area (Å²) in [6, 6.07) is 0. The van der Waals surface area contributed by atoms with Gasteiger partial charge in [-0.2, -0.15) is 11.8 Å². The molecule has 0 radical (unpaired) electrons. The second-order valence-corrected chi connectivity index (χ2v) is 7.72. The fourth-order valence-corrected chi connectivity index (χ4v) is 4.90. The normalized spacial score (nSPS) is 28.2. The Labute approximate surface area is 123 Å². The molecule has 1 aliphatic carbocycles. The molecule has 19 heavy (non-hydrogen) atoms. The van der Waals surface area contributed by atoms with Crippen molar-refractivity contribution in [2.45, 2.75) is 82.3 Å². The van der Waals surface area contributed by atoms with E-state index in [1.165, 1.54) is 76.4 Å². The van der Waals surface area contributed by atoms with Crippen molar-refractivity contribution in [1.82, 2.24) is 0 Å². The maximum absolute atomic E-state index is 5.78. The number of hydrogen-bond donors (Lipinski definition) is 0. The fourth-order valence-electron chi connectivity index (χ4n) is 3.34. The Morgan fingerprint density at radius 3 is 2.68 bits per heavy atom. The van der Waals surface area contributed by atoms with Gasteiger partial charge in [0.05, 0.1) is 12.9 Å². The highest BCUT2D eigenvalue weighted by Gasteiger charge is 2.30. The van der Waals surface area contributed by atoms with E-state index in [4.69, 9.17) is 4.74 Å². The first kappa shape index (κ1) is 15.3. The molecular formula is C17H30OS. The van der Waals surface area contributed by atoms with Crippen LogP contribution in [0.2, 0.25) is 0 Å². The maximum atomic E-state index is 5.78. The highest BCUT2D eigenvalue weighted by atomic mass is 32.2.